The van der Waals surface area contributed by atoms with E-state index in [4.69, 9.17) is 5.73 Å². The number of hydrogen-bond donors (Lipinski definition) is 2. The largest absolute Gasteiger partial charge is 0.353 e. The topological polar surface area (TPSA) is 55.1 Å². The Balaban J connectivity index is 1.84. The Hall–Kier alpha value is -1.42. The lowest BCUT2D eigenvalue weighted by atomic mass is 10.0. The minimum atomic E-state index is -0.369. The molecule has 3 N–H and O–H groups in total. The Bertz CT molecular complexity index is 399. The van der Waals surface area contributed by atoms with Crippen LogP contribution in [0.4, 0.5) is 4.39 Å². The van der Waals surface area contributed by atoms with Gasteiger partial charge < -0.3 is 11.1 Å². The average molecular weight is 250 g/mol. The first-order valence-electron chi connectivity index (χ1n) is 6.45. The molecule has 2 rings (SSSR count). The molecule has 0 radical (unpaired) electrons. The first kappa shape index (κ1) is 13.0. The lowest BCUT2D eigenvalue weighted by Crippen LogP contribution is -2.34. The summed E-state index contributed by atoms with van der Waals surface area (Å²) >= 11 is 0. The number of hydrogen-bond acceptors (Lipinski definition) is 2. The van der Waals surface area contributed by atoms with Crippen LogP contribution in [-0.2, 0) is 4.79 Å². The van der Waals surface area contributed by atoms with Crippen molar-refractivity contribution in [2.75, 3.05) is 0 Å². The third kappa shape index (κ3) is 3.53. The number of rotatable bonds is 4. The summed E-state index contributed by atoms with van der Waals surface area (Å²) in [6.07, 6.45) is 4.76. The molecule has 1 aliphatic carbocycles. The fourth-order valence-electron chi connectivity index (χ4n) is 2.38. The first-order valence-corrected chi connectivity index (χ1v) is 6.45. The third-order valence-corrected chi connectivity index (χ3v) is 3.42. The number of nitrogens with one attached hydrogen (secondary N) is 1. The molecule has 1 fully saturated rings. The molecule has 4 heteroatoms. The summed E-state index contributed by atoms with van der Waals surface area (Å²) < 4.78 is 12.8. The Morgan fingerprint density at radius 1 is 1.33 bits per heavy atom. The lowest BCUT2D eigenvalue weighted by Gasteiger charge is -2.15. The number of carbonyl (C=O) groups excluding carboxylic acids is 1. The molecule has 0 heterocycles. The number of halogens is 1. The zero-order valence-corrected chi connectivity index (χ0v) is 10.4. The molecule has 1 amide bonds. The monoisotopic (exact) mass is 250 g/mol. The van der Waals surface area contributed by atoms with Crippen molar-refractivity contribution in [2.24, 2.45) is 5.73 Å². The summed E-state index contributed by atoms with van der Waals surface area (Å²) in [5.74, 6) is -0.305. The van der Waals surface area contributed by atoms with Gasteiger partial charge in [0.1, 0.15) is 5.82 Å². The summed E-state index contributed by atoms with van der Waals surface area (Å²) in [5.41, 5.74) is 6.73. The van der Waals surface area contributed by atoms with E-state index in [1.165, 1.54) is 25.0 Å². The fraction of sp³-hybridized carbons (Fsp3) is 0.500. The predicted octanol–water partition coefficient (Wildman–Crippen LogP) is 2.27. The SMILES string of the molecule is NC(CC(=O)NC1CCCC1)c1ccc(F)cc1. The maximum Gasteiger partial charge on any atom is 0.222 e. The van der Waals surface area contributed by atoms with Gasteiger partial charge in [-0.1, -0.05) is 25.0 Å². The molecule has 0 saturated heterocycles. The Morgan fingerprint density at radius 2 is 1.94 bits per heavy atom. The van der Waals surface area contributed by atoms with Crippen molar-refractivity contribution in [3.05, 3.63) is 35.6 Å². The molecule has 0 bridgehead atoms. The van der Waals surface area contributed by atoms with Crippen LogP contribution >= 0.6 is 0 Å². The van der Waals surface area contributed by atoms with Gasteiger partial charge in [0.15, 0.2) is 0 Å². The van der Waals surface area contributed by atoms with Crippen molar-refractivity contribution in [1.29, 1.82) is 0 Å². The van der Waals surface area contributed by atoms with Gasteiger partial charge in [-0.15, -0.1) is 0 Å². The summed E-state index contributed by atoms with van der Waals surface area (Å²) in [6.45, 7) is 0. The van der Waals surface area contributed by atoms with Gasteiger partial charge >= 0.3 is 0 Å². The average Bonchev–Trinajstić information content (AvgIpc) is 2.82. The summed E-state index contributed by atoms with van der Waals surface area (Å²) in [5, 5.41) is 3.00. The van der Waals surface area contributed by atoms with Crippen molar-refractivity contribution < 1.29 is 9.18 Å². The highest BCUT2D eigenvalue weighted by molar-refractivity contribution is 5.77. The molecule has 1 aromatic rings. The van der Waals surface area contributed by atoms with Gasteiger partial charge in [0.2, 0.25) is 5.91 Å². The van der Waals surface area contributed by atoms with Gasteiger partial charge in [0.25, 0.3) is 0 Å². The molecule has 0 spiro atoms. The second-order valence-electron chi connectivity index (χ2n) is 4.91. The number of nitrogens with two attached hydrogens (primary N) is 1. The number of benzene rings is 1. The van der Waals surface area contributed by atoms with Crippen LogP contribution in [0.25, 0.3) is 0 Å². The zero-order chi connectivity index (χ0) is 13.0. The molecule has 0 aliphatic heterocycles. The van der Waals surface area contributed by atoms with Gasteiger partial charge in [-0.2, -0.15) is 0 Å². The normalized spacial score (nSPS) is 17.7. The van der Waals surface area contributed by atoms with E-state index in [1.807, 2.05) is 0 Å². The number of amides is 1. The summed E-state index contributed by atoms with van der Waals surface area (Å²) in [4.78, 5) is 11.8. The van der Waals surface area contributed by atoms with Crippen molar-refractivity contribution in [3.8, 4) is 0 Å². The molecule has 18 heavy (non-hydrogen) atoms. The van der Waals surface area contributed by atoms with Crippen LogP contribution in [0, 0.1) is 5.82 Å². The predicted molar refractivity (Wildman–Crippen MR) is 68.3 cm³/mol. The highest BCUT2D eigenvalue weighted by atomic mass is 19.1. The van der Waals surface area contributed by atoms with Gasteiger partial charge in [-0.25, -0.2) is 4.39 Å². The highest BCUT2D eigenvalue weighted by Crippen LogP contribution is 2.19. The lowest BCUT2D eigenvalue weighted by molar-refractivity contribution is -0.122. The van der Waals surface area contributed by atoms with E-state index >= 15 is 0 Å². The summed E-state index contributed by atoms with van der Waals surface area (Å²) in [6, 6.07) is 5.93. The van der Waals surface area contributed by atoms with Crippen molar-refractivity contribution in [3.63, 3.8) is 0 Å². The molecule has 3 nitrogen and oxygen atoms in total. The van der Waals surface area contributed by atoms with Crippen molar-refractivity contribution >= 4 is 5.91 Å². The van der Waals surface area contributed by atoms with E-state index in [2.05, 4.69) is 5.32 Å². The van der Waals surface area contributed by atoms with E-state index in [0.29, 0.717) is 6.04 Å². The maximum atomic E-state index is 12.8. The second kappa shape index (κ2) is 5.96. The van der Waals surface area contributed by atoms with Gasteiger partial charge in [0.05, 0.1) is 0 Å². The van der Waals surface area contributed by atoms with Crippen LogP contribution < -0.4 is 11.1 Å². The van der Waals surface area contributed by atoms with Crippen LogP contribution in [-0.4, -0.2) is 11.9 Å². The van der Waals surface area contributed by atoms with Crippen molar-refractivity contribution in [2.45, 2.75) is 44.2 Å². The molecule has 0 aromatic heterocycles. The maximum absolute atomic E-state index is 12.8. The van der Waals surface area contributed by atoms with Gasteiger partial charge in [-0.05, 0) is 30.5 Å². The van der Waals surface area contributed by atoms with E-state index in [0.717, 1.165) is 18.4 Å². The van der Waals surface area contributed by atoms with Crippen LogP contribution in [0.15, 0.2) is 24.3 Å². The minimum absolute atomic E-state index is 0.0151. The molecule has 1 aliphatic rings. The fourth-order valence-corrected chi connectivity index (χ4v) is 2.38. The molecule has 98 valence electrons. The van der Waals surface area contributed by atoms with E-state index in [-0.39, 0.29) is 24.2 Å². The van der Waals surface area contributed by atoms with Gasteiger partial charge in [0, 0.05) is 18.5 Å². The molecular weight excluding hydrogens is 231 g/mol. The Morgan fingerprint density at radius 3 is 2.56 bits per heavy atom. The summed E-state index contributed by atoms with van der Waals surface area (Å²) in [7, 11) is 0. The van der Waals surface area contributed by atoms with Crippen LogP contribution in [0.1, 0.15) is 43.7 Å². The molecular formula is C14H19FN2O. The van der Waals surface area contributed by atoms with E-state index in [1.54, 1.807) is 12.1 Å². The molecule has 1 atom stereocenters. The Kier molecular flexibility index (Phi) is 4.31. The van der Waals surface area contributed by atoms with Crippen LogP contribution in [0.5, 0.6) is 0 Å². The molecule has 1 unspecified atom stereocenters. The van der Waals surface area contributed by atoms with Crippen molar-refractivity contribution in [1.82, 2.24) is 5.32 Å². The number of carbonyl (C=O) groups is 1. The van der Waals surface area contributed by atoms with Gasteiger partial charge in [-0.3, -0.25) is 4.79 Å². The highest BCUT2D eigenvalue weighted by Gasteiger charge is 2.18. The van der Waals surface area contributed by atoms with E-state index < -0.39 is 0 Å². The second-order valence-corrected chi connectivity index (χ2v) is 4.91. The molecule has 1 saturated carbocycles. The first-order chi connectivity index (χ1) is 8.65. The quantitative estimate of drug-likeness (QED) is 0.861. The third-order valence-electron chi connectivity index (χ3n) is 3.42. The molecule has 1 aromatic carbocycles. The van der Waals surface area contributed by atoms with Crippen LogP contribution in [0.3, 0.4) is 0 Å². The Labute approximate surface area is 107 Å². The van der Waals surface area contributed by atoms with Crippen LogP contribution in [0.2, 0.25) is 0 Å². The zero-order valence-electron chi connectivity index (χ0n) is 10.4. The smallest absolute Gasteiger partial charge is 0.222 e. The van der Waals surface area contributed by atoms with E-state index in [9.17, 15) is 9.18 Å². The standard InChI is InChI=1S/C14H19FN2O/c15-11-7-5-10(6-8-11)13(16)9-14(18)17-12-3-1-2-4-12/h5-8,12-13H,1-4,9,16H2,(H,17,18). The minimum Gasteiger partial charge on any atom is -0.353 e.